The van der Waals surface area contributed by atoms with Crippen LogP contribution in [0.15, 0.2) is 24.3 Å². The molecule has 0 aromatic heterocycles. The van der Waals surface area contributed by atoms with Crippen molar-refractivity contribution in [1.82, 2.24) is 9.80 Å². The van der Waals surface area contributed by atoms with E-state index in [1.54, 1.807) is 0 Å². The van der Waals surface area contributed by atoms with E-state index in [9.17, 15) is 0 Å². The van der Waals surface area contributed by atoms with Crippen LogP contribution in [0.5, 0.6) is 0 Å². The quantitative estimate of drug-likeness (QED) is 0.810. The standard InChI is InChI=1S/C15H21ClN2/c1-12(14-6-2-3-7-15(14)16)18-10-9-17-8-4-5-13(17)11-18/h2-3,6-7,12-13H,4-5,8-11H2,1H3. The van der Waals surface area contributed by atoms with Crippen molar-refractivity contribution in [2.75, 3.05) is 26.2 Å². The van der Waals surface area contributed by atoms with Gasteiger partial charge in [0.2, 0.25) is 0 Å². The number of benzene rings is 1. The van der Waals surface area contributed by atoms with Crippen molar-refractivity contribution in [3.8, 4) is 0 Å². The minimum Gasteiger partial charge on any atom is -0.298 e. The number of rotatable bonds is 2. The lowest BCUT2D eigenvalue weighted by molar-refractivity contribution is 0.0770. The molecule has 0 aliphatic carbocycles. The molecule has 2 atom stereocenters. The first-order valence-electron chi connectivity index (χ1n) is 6.98. The molecule has 2 nitrogen and oxygen atoms in total. The molecule has 1 aromatic rings. The van der Waals surface area contributed by atoms with Gasteiger partial charge in [-0.25, -0.2) is 0 Å². The van der Waals surface area contributed by atoms with E-state index in [0.29, 0.717) is 6.04 Å². The normalized spacial score (nSPS) is 27.1. The second-order valence-corrected chi connectivity index (χ2v) is 5.93. The lowest BCUT2D eigenvalue weighted by Gasteiger charge is -2.40. The van der Waals surface area contributed by atoms with Crippen molar-refractivity contribution in [1.29, 1.82) is 0 Å². The molecule has 3 rings (SSSR count). The van der Waals surface area contributed by atoms with Gasteiger partial charge in [0.15, 0.2) is 0 Å². The number of hydrogen-bond acceptors (Lipinski definition) is 2. The lowest BCUT2D eigenvalue weighted by atomic mass is 10.0. The Kier molecular flexibility index (Phi) is 3.60. The molecule has 0 N–H and O–H groups in total. The Balaban J connectivity index is 1.73. The van der Waals surface area contributed by atoms with Gasteiger partial charge in [-0.05, 0) is 37.9 Å². The molecule has 0 bridgehead atoms. The summed E-state index contributed by atoms with van der Waals surface area (Å²) < 4.78 is 0. The molecule has 18 heavy (non-hydrogen) atoms. The summed E-state index contributed by atoms with van der Waals surface area (Å²) in [5, 5.41) is 0.902. The molecule has 0 spiro atoms. The number of nitrogens with zero attached hydrogens (tertiary/aromatic N) is 2. The van der Waals surface area contributed by atoms with Gasteiger partial charge < -0.3 is 0 Å². The van der Waals surface area contributed by atoms with E-state index in [1.807, 2.05) is 12.1 Å². The maximum Gasteiger partial charge on any atom is 0.0453 e. The Hall–Kier alpha value is -0.570. The summed E-state index contributed by atoms with van der Waals surface area (Å²) in [4.78, 5) is 5.24. The molecule has 2 unspecified atom stereocenters. The summed E-state index contributed by atoms with van der Waals surface area (Å²) in [6.07, 6.45) is 2.74. The fraction of sp³-hybridized carbons (Fsp3) is 0.600. The number of piperazine rings is 1. The molecule has 2 saturated heterocycles. The van der Waals surface area contributed by atoms with Crippen LogP contribution >= 0.6 is 11.6 Å². The van der Waals surface area contributed by atoms with Gasteiger partial charge in [0.25, 0.3) is 0 Å². The summed E-state index contributed by atoms with van der Waals surface area (Å²) in [6, 6.07) is 9.47. The first kappa shape index (κ1) is 12.5. The van der Waals surface area contributed by atoms with Crippen LogP contribution in [-0.4, -0.2) is 42.0 Å². The van der Waals surface area contributed by atoms with Crippen LogP contribution in [-0.2, 0) is 0 Å². The monoisotopic (exact) mass is 264 g/mol. The molecule has 0 saturated carbocycles. The van der Waals surface area contributed by atoms with Crippen molar-refractivity contribution >= 4 is 11.6 Å². The number of halogens is 1. The molecule has 98 valence electrons. The van der Waals surface area contributed by atoms with Crippen LogP contribution < -0.4 is 0 Å². The maximum absolute atomic E-state index is 6.31. The van der Waals surface area contributed by atoms with E-state index in [1.165, 1.54) is 44.6 Å². The van der Waals surface area contributed by atoms with E-state index in [-0.39, 0.29) is 0 Å². The molecule has 3 heteroatoms. The zero-order valence-electron chi connectivity index (χ0n) is 11.0. The van der Waals surface area contributed by atoms with E-state index in [2.05, 4.69) is 28.9 Å². The molecular weight excluding hydrogens is 244 g/mol. The molecule has 2 aliphatic heterocycles. The van der Waals surface area contributed by atoms with E-state index in [4.69, 9.17) is 11.6 Å². The largest absolute Gasteiger partial charge is 0.298 e. The van der Waals surface area contributed by atoms with Crippen LogP contribution in [0.3, 0.4) is 0 Å². The van der Waals surface area contributed by atoms with Crippen LogP contribution in [0.25, 0.3) is 0 Å². The van der Waals surface area contributed by atoms with E-state index < -0.39 is 0 Å². The fourth-order valence-corrected chi connectivity index (χ4v) is 3.67. The number of hydrogen-bond donors (Lipinski definition) is 0. The summed E-state index contributed by atoms with van der Waals surface area (Å²) in [5.41, 5.74) is 1.27. The van der Waals surface area contributed by atoms with Crippen LogP contribution in [0.1, 0.15) is 31.4 Å². The third-order valence-corrected chi connectivity index (χ3v) is 4.87. The minimum absolute atomic E-state index is 0.432. The van der Waals surface area contributed by atoms with Gasteiger partial charge in [-0.2, -0.15) is 0 Å². The molecule has 0 radical (unpaired) electrons. The topological polar surface area (TPSA) is 6.48 Å². The molecule has 2 aliphatic rings. The maximum atomic E-state index is 6.31. The lowest BCUT2D eigenvalue weighted by Crippen LogP contribution is -2.50. The minimum atomic E-state index is 0.432. The molecule has 2 heterocycles. The summed E-state index contributed by atoms with van der Waals surface area (Å²) in [6.45, 7) is 7.18. The Morgan fingerprint density at radius 1 is 1.22 bits per heavy atom. The van der Waals surface area contributed by atoms with Gasteiger partial charge in [0.1, 0.15) is 0 Å². The smallest absolute Gasteiger partial charge is 0.0453 e. The zero-order valence-corrected chi connectivity index (χ0v) is 11.7. The van der Waals surface area contributed by atoms with Crippen molar-refractivity contribution in [2.24, 2.45) is 0 Å². The highest BCUT2D eigenvalue weighted by atomic mass is 35.5. The van der Waals surface area contributed by atoms with Crippen LogP contribution in [0, 0.1) is 0 Å². The molecule has 2 fully saturated rings. The van der Waals surface area contributed by atoms with Gasteiger partial charge in [-0.15, -0.1) is 0 Å². The predicted octanol–water partition coefficient (Wildman–Crippen LogP) is 3.18. The Labute approximate surface area is 115 Å². The highest BCUT2D eigenvalue weighted by molar-refractivity contribution is 6.31. The van der Waals surface area contributed by atoms with Gasteiger partial charge in [0, 0.05) is 36.7 Å². The fourth-order valence-electron chi connectivity index (χ4n) is 3.38. The third kappa shape index (κ3) is 2.29. The van der Waals surface area contributed by atoms with E-state index >= 15 is 0 Å². The summed E-state index contributed by atoms with van der Waals surface area (Å²) >= 11 is 6.31. The van der Waals surface area contributed by atoms with Crippen molar-refractivity contribution in [2.45, 2.75) is 31.8 Å². The van der Waals surface area contributed by atoms with Gasteiger partial charge in [-0.3, -0.25) is 9.80 Å². The average Bonchev–Trinajstić information content (AvgIpc) is 2.85. The molecule has 0 amide bonds. The second-order valence-electron chi connectivity index (χ2n) is 5.52. The molecular formula is C15H21ClN2. The van der Waals surface area contributed by atoms with Gasteiger partial charge in [-0.1, -0.05) is 29.8 Å². The SMILES string of the molecule is CC(c1ccccc1Cl)N1CCN2CCCC2C1. The Morgan fingerprint density at radius 2 is 2.06 bits per heavy atom. The second kappa shape index (κ2) is 5.20. The Bertz CT molecular complexity index is 421. The predicted molar refractivity (Wildman–Crippen MR) is 76.0 cm³/mol. The third-order valence-electron chi connectivity index (χ3n) is 4.52. The van der Waals surface area contributed by atoms with Crippen molar-refractivity contribution in [3.05, 3.63) is 34.9 Å². The summed E-state index contributed by atoms with van der Waals surface area (Å²) in [7, 11) is 0. The first-order chi connectivity index (χ1) is 8.75. The van der Waals surface area contributed by atoms with Crippen LogP contribution in [0.2, 0.25) is 5.02 Å². The van der Waals surface area contributed by atoms with Gasteiger partial charge >= 0.3 is 0 Å². The van der Waals surface area contributed by atoms with Crippen LogP contribution in [0.4, 0.5) is 0 Å². The van der Waals surface area contributed by atoms with Gasteiger partial charge in [0.05, 0.1) is 0 Å². The molecule has 1 aromatic carbocycles. The average molecular weight is 265 g/mol. The Morgan fingerprint density at radius 3 is 2.89 bits per heavy atom. The highest BCUT2D eigenvalue weighted by Gasteiger charge is 2.32. The highest BCUT2D eigenvalue weighted by Crippen LogP contribution is 2.30. The van der Waals surface area contributed by atoms with Crippen molar-refractivity contribution in [3.63, 3.8) is 0 Å². The summed E-state index contributed by atoms with van der Waals surface area (Å²) in [5.74, 6) is 0. The first-order valence-corrected chi connectivity index (χ1v) is 7.36. The zero-order chi connectivity index (χ0) is 12.5. The number of fused-ring (bicyclic) bond motifs is 1. The van der Waals surface area contributed by atoms with E-state index in [0.717, 1.165) is 11.1 Å². The van der Waals surface area contributed by atoms with Crippen molar-refractivity contribution < 1.29 is 0 Å².